The second-order valence-electron chi connectivity index (χ2n) is 10.4. The highest BCUT2D eigenvalue weighted by atomic mass is 19.1. The maximum atomic E-state index is 13.5. The van der Waals surface area contributed by atoms with Gasteiger partial charge in [-0.2, -0.15) is 0 Å². The molecule has 3 N–H and O–H groups in total. The van der Waals surface area contributed by atoms with Crippen LogP contribution in [0.2, 0.25) is 0 Å². The van der Waals surface area contributed by atoms with Crippen LogP contribution >= 0.6 is 0 Å². The second kappa shape index (κ2) is 16.0. The van der Waals surface area contributed by atoms with Crippen LogP contribution in [0.5, 0.6) is 0 Å². The number of hydrogen-bond donors (Lipinski definition) is 3. The first kappa shape index (κ1) is 31.9. The number of amides is 3. The lowest BCUT2D eigenvalue weighted by Crippen LogP contribution is -2.56. The van der Waals surface area contributed by atoms with Crippen molar-refractivity contribution in [1.29, 1.82) is 0 Å². The second-order valence-corrected chi connectivity index (χ2v) is 10.4. The Hall–Kier alpha value is -4.60. The predicted octanol–water partition coefficient (Wildman–Crippen LogP) is 4.26. The Balaban J connectivity index is 1.71. The minimum Gasteiger partial charge on any atom is -0.445 e. The van der Waals surface area contributed by atoms with Crippen LogP contribution in [0.3, 0.4) is 0 Å². The average molecular weight is 580 g/mol. The van der Waals surface area contributed by atoms with Crippen molar-refractivity contribution in [2.24, 2.45) is 5.92 Å². The fraction of sp³-hybridized carbons (Fsp3) is 0.312. The fourth-order valence-electron chi connectivity index (χ4n) is 4.24. The van der Waals surface area contributed by atoms with E-state index in [9.17, 15) is 28.0 Å². The molecule has 3 atom stereocenters. The van der Waals surface area contributed by atoms with Crippen molar-refractivity contribution >= 4 is 24.2 Å². The molecule has 8 nitrogen and oxygen atoms in total. The molecule has 0 heterocycles. The lowest BCUT2D eigenvalue weighted by atomic mass is 10.00. The van der Waals surface area contributed by atoms with Gasteiger partial charge in [0.25, 0.3) is 0 Å². The quantitative estimate of drug-likeness (QED) is 0.247. The van der Waals surface area contributed by atoms with Crippen LogP contribution in [-0.4, -0.2) is 42.3 Å². The molecule has 0 aliphatic rings. The van der Waals surface area contributed by atoms with E-state index in [0.717, 1.165) is 5.56 Å². The number of aldehydes is 1. The molecule has 0 aromatic heterocycles. The molecule has 0 saturated carbocycles. The van der Waals surface area contributed by atoms with Gasteiger partial charge >= 0.3 is 6.09 Å². The van der Waals surface area contributed by atoms with E-state index in [-0.39, 0.29) is 31.8 Å². The molecule has 3 rings (SSSR count). The summed E-state index contributed by atoms with van der Waals surface area (Å²) in [5, 5.41) is 7.90. The van der Waals surface area contributed by atoms with Gasteiger partial charge in [0, 0.05) is 6.42 Å². The molecule has 0 bridgehead atoms. The Morgan fingerprint density at radius 2 is 1.26 bits per heavy atom. The largest absolute Gasteiger partial charge is 0.445 e. The Morgan fingerprint density at radius 1 is 0.714 bits per heavy atom. The standard InChI is InChI=1S/C32H35F2N3O5/c1-21(2)16-28(30(39)35-27(19-38)17-22-8-12-25(33)13-9-22)36-31(40)29(18-23-10-14-26(34)15-11-23)37-32(41)42-20-24-6-4-3-5-7-24/h3-15,19,21,27-29H,16-18,20H2,1-2H3,(H,35,39)(H,36,40)(H,37,41)/t27?,28-,29-/m0/s1. The smallest absolute Gasteiger partial charge is 0.408 e. The highest BCUT2D eigenvalue weighted by molar-refractivity contribution is 5.92. The van der Waals surface area contributed by atoms with Gasteiger partial charge in [-0.05, 0) is 59.7 Å². The molecule has 0 aliphatic heterocycles. The van der Waals surface area contributed by atoms with Gasteiger partial charge in [0.2, 0.25) is 11.8 Å². The molecule has 42 heavy (non-hydrogen) atoms. The SMILES string of the molecule is CC(C)C[C@H](NC(=O)[C@H](Cc1ccc(F)cc1)NC(=O)OCc1ccccc1)C(=O)NC(C=O)Cc1ccc(F)cc1. The van der Waals surface area contributed by atoms with Crippen molar-refractivity contribution in [3.63, 3.8) is 0 Å². The first-order valence-corrected chi connectivity index (χ1v) is 13.6. The van der Waals surface area contributed by atoms with Crippen molar-refractivity contribution in [2.45, 2.75) is 57.8 Å². The van der Waals surface area contributed by atoms with Crippen LogP contribution in [0.15, 0.2) is 78.9 Å². The Morgan fingerprint density at radius 3 is 1.81 bits per heavy atom. The lowest BCUT2D eigenvalue weighted by molar-refractivity contribution is -0.131. The van der Waals surface area contributed by atoms with E-state index >= 15 is 0 Å². The number of nitrogens with one attached hydrogen (secondary N) is 3. The summed E-state index contributed by atoms with van der Waals surface area (Å²) in [5.74, 6) is -2.11. The molecule has 222 valence electrons. The third kappa shape index (κ3) is 10.8. The average Bonchev–Trinajstić information content (AvgIpc) is 2.97. The topological polar surface area (TPSA) is 114 Å². The zero-order chi connectivity index (χ0) is 30.5. The summed E-state index contributed by atoms with van der Waals surface area (Å²) >= 11 is 0. The van der Waals surface area contributed by atoms with E-state index in [1.165, 1.54) is 48.5 Å². The van der Waals surface area contributed by atoms with Gasteiger partial charge in [-0.25, -0.2) is 13.6 Å². The van der Waals surface area contributed by atoms with Crippen molar-refractivity contribution in [3.8, 4) is 0 Å². The van der Waals surface area contributed by atoms with Gasteiger partial charge in [0.1, 0.15) is 36.6 Å². The van der Waals surface area contributed by atoms with Crippen LogP contribution in [0.4, 0.5) is 13.6 Å². The van der Waals surface area contributed by atoms with E-state index in [0.29, 0.717) is 17.4 Å². The Labute approximate surface area is 243 Å². The molecular weight excluding hydrogens is 544 g/mol. The minimum atomic E-state index is -1.15. The van der Waals surface area contributed by atoms with Crippen LogP contribution in [0.1, 0.15) is 37.0 Å². The van der Waals surface area contributed by atoms with Crippen molar-refractivity contribution < 1.29 is 32.7 Å². The number of carbonyl (C=O) groups is 4. The summed E-state index contributed by atoms with van der Waals surface area (Å²) in [4.78, 5) is 51.1. The molecule has 0 saturated heterocycles. The number of hydrogen-bond acceptors (Lipinski definition) is 5. The van der Waals surface area contributed by atoms with Crippen LogP contribution < -0.4 is 16.0 Å². The van der Waals surface area contributed by atoms with Crippen molar-refractivity contribution in [1.82, 2.24) is 16.0 Å². The van der Waals surface area contributed by atoms with Gasteiger partial charge < -0.3 is 25.5 Å². The van der Waals surface area contributed by atoms with Crippen LogP contribution in [0, 0.1) is 17.6 Å². The Kier molecular flexibility index (Phi) is 12.2. The summed E-state index contributed by atoms with van der Waals surface area (Å²) < 4.78 is 32.0. The fourth-order valence-corrected chi connectivity index (χ4v) is 4.24. The number of benzene rings is 3. The molecule has 10 heteroatoms. The third-order valence-corrected chi connectivity index (χ3v) is 6.38. The Bertz CT molecular complexity index is 1320. The molecule has 0 radical (unpaired) electrons. The molecule has 0 aliphatic carbocycles. The summed E-state index contributed by atoms with van der Waals surface area (Å²) in [6, 6.07) is 17.0. The van der Waals surface area contributed by atoms with E-state index < -0.39 is 47.7 Å². The lowest BCUT2D eigenvalue weighted by Gasteiger charge is -2.25. The number of carbonyl (C=O) groups excluding carboxylic acids is 4. The zero-order valence-electron chi connectivity index (χ0n) is 23.5. The number of halogens is 2. The van der Waals surface area contributed by atoms with Gasteiger partial charge in [-0.1, -0.05) is 68.4 Å². The van der Waals surface area contributed by atoms with Crippen molar-refractivity contribution in [3.05, 3.63) is 107 Å². The molecule has 3 aromatic carbocycles. The summed E-state index contributed by atoms with van der Waals surface area (Å²) in [6.45, 7) is 3.73. The van der Waals surface area contributed by atoms with Crippen LogP contribution in [0.25, 0.3) is 0 Å². The van der Waals surface area contributed by atoms with Gasteiger partial charge in [0.05, 0.1) is 6.04 Å². The highest BCUT2D eigenvalue weighted by Gasteiger charge is 2.29. The third-order valence-electron chi connectivity index (χ3n) is 6.38. The van der Waals surface area contributed by atoms with Crippen molar-refractivity contribution in [2.75, 3.05) is 0 Å². The van der Waals surface area contributed by atoms with Gasteiger partial charge in [0.15, 0.2) is 0 Å². The minimum absolute atomic E-state index is 0.00406. The van der Waals surface area contributed by atoms with Gasteiger partial charge in [-0.15, -0.1) is 0 Å². The summed E-state index contributed by atoms with van der Waals surface area (Å²) in [7, 11) is 0. The maximum Gasteiger partial charge on any atom is 0.408 e. The summed E-state index contributed by atoms with van der Waals surface area (Å²) in [6.07, 6.45) is 0.133. The monoisotopic (exact) mass is 579 g/mol. The molecule has 1 unspecified atom stereocenters. The first-order chi connectivity index (χ1) is 20.1. The van der Waals surface area contributed by atoms with E-state index in [4.69, 9.17) is 4.74 Å². The predicted molar refractivity (Wildman–Crippen MR) is 153 cm³/mol. The molecule has 0 spiro atoms. The zero-order valence-corrected chi connectivity index (χ0v) is 23.5. The van der Waals surface area contributed by atoms with E-state index in [2.05, 4.69) is 16.0 Å². The maximum absolute atomic E-state index is 13.5. The van der Waals surface area contributed by atoms with Crippen LogP contribution in [-0.2, 0) is 38.6 Å². The molecular formula is C32H35F2N3O5. The number of rotatable bonds is 14. The molecule has 3 amide bonds. The molecule has 0 fully saturated rings. The first-order valence-electron chi connectivity index (χ1n) is 13.6. The molecule has 3 aromatic rings. The van der Waals surface area contributed by atoms with Gasteiger partial charge in [-0.3, -0.25) is 9.59 Å². The van der Waals surface area contributed by atoms with E-state index in [1.54, 1.807) is 24.3 Å². The number of alkyl carbamates (subject to hydrolysis) is 1. The summed E-state index contributed by atoms with van der Waals surface area (Å²) in [5.41, 5.74) is 1.98. The number of ether oxygens (including phenoxy) is 1. The normalized spacial score (nSPS) is 13.0. The van der Waals surface area contributed by atoms with E-state index in [1.807, 2.05) is 19.9 Å². The highest BCUT2D eigenvalue weighted by Crippen LogP contribution is 2.11.